The Morgan fingerprint density at radius 3 is 1.90 bits per heavy atom. The van der Waals surface area contributed by atoms with Crippen LogP contribution in [0.25, 0.3) is 0 Å². The van der Waals surface area contributed by atoms with Crippen LogP contribution < -0.4 is 24.8 Å². The maximum absolute atomic E-state index is 3.08. The third-order valence-corrected chi connectivity index (χ3v) is 0.890. The third-order valence-electron chi connectivity index (χ3n) is 0.890. The summed E-state index contributed by atoms with van der Waals surface area (Å²) in [5.74, 6) is 0. The Morgan fingerprint density at radius 2 is 1.80 bits per heavy atom. The first-order valence-corrected chi connectivity index (χ1v) is 2.33. The van der Waals surface area contributed by atoms with Gasteiger partial charge in [0.1, 0.15) is 0 Å². The zero-order chi connectivity index (χ0) is 5.28. The molecule has 1 rings (SSSR count). The first-order chi connectivity index (χ1) is 3.29. The summed E-state index contributed by atoms with van der Waals surface area (Å²) in [5, 5.41) is 0. The summed E-state index contributed by atoms with van der Waals surface area (Å²) in [6, 6.07) is 4.95. The Bertz CT molecular complexity index is 148. The van der Waals surface area contributed by atoms with Gasteiger partial charge in [-0.15, -0.1) is 5.69 Å². The molecule has 1 N–H and O–H groups in total. The van der Waals surface area contributed by atoms with E-state index in [0.717, 1.165) is 5.69 Å². The molecule has 0 aliphatic heterocycles. The third kappa shape index (κ3) is 5.52. The maximum Gasteiger partial charge on any atom is 3.00 e. The minimum Gasteiger partial charge on any atom is -1.00 e. The molecule has 0 fully saturated rings. The van der Waals surface area contributed by atoms with Crippen molar-refractivity contribution in [2.75, 3.05) is 0 Å². The average Bonchev–Trinajstić information content (AvgIpc) is 1.87. The molecule has 0 aliphatic rings. The molecule has 0 amide bonds. The Hall–Kier alpha value is 0.743. The van der Waals surface area contributed by atoms with Crippen molar-refractivity contribution >= 4 is 0 Å². The predicted octanol–water partition coefficient (Wildman–Crippen LogP) is -4.56. The topological polar surface area (TPSA) is 15.8 Å². The molecule has 1 heterocycles. The number of nitrogens with one attached hydrogen (secondary N) is 1. The van der Waals surface area contributed by atoms with Crippen LogP contribution in [0.3, 0.4) is 0 Å². The van der Waals surface area contributed by atoms with Crippen molar-refractivity contribution < 1.29 is 51.0 Å². The van der Waals surface area contributed by atoms with E-state index in [1.54, 1.807) is 0 Å². The molecule has 1 aromatic heterocycles. The van der Waals surface area contributed by atoms with Crippen molar-refractivity contribution in [2.45, 2.75) is 13.8 Å². The van der Waals surface area contributed by atoms with Gasteiger partial charge in [0.15, 0.2) is 0 Å². The average molecular weight is 256 g/mol. The molecule has 1 nitrogen and oxygen atoms in total. The summed E-state index contributed by atoms with van der Waals surface area (Å²) in [4.78, 5) is 3.08. The standard InChI is InChI=1S/C6H8N.2ClH.Zr/c1-5-3-4-6(2)7-5;;;/h3,7H,1-2H3;2*1H;/q-1;;;+3/p-2. The van der Waals surface area contributed by atoms with Gasteiger partial charge in [0.2, 0.25) is 0 Å². The van der Waals surface area contributed by atoms with Crippen LogP contribution in [-0.2, 0) is 26.2 Å². The molecule has 10 heavy (non-hydrogen) atoms. The molecule has 0 unspecified atom stereocenters. The Kier molecular flexibility index (Phi) is 13.3. The maximum atomic E-state index is 3.08. The van der Waals surface area contributed by atoms with Crippen LogP contribution in [0.5, 0.6) is 0 Å². The van der Waals surface area contributed by atoms with Crippen molar-refractivity contribution in [1.82, 2.24) is 4.98 Å². The van der Waals surface area contributed by atoms with Gasteiger partial charge in [-0.25, -0.2) is 12.1 Å². The summed E-state index contributed by atoms with van der Waals surface area (Å²) in [6.07, 6.45) is 0. The second kappa shape index (κ2) is 7.85. The molecule has 0 spiro atoms. The molecule has 1 radical (unpaired) electrons. The van der Waals surface area contributed by atoms with Crippen molar-refractivity contribution in [3.63, 3.8) is 0 Å². The number of hydrogen-bond acceptors (Lipinski definition) is 0. The van der Waals surface area contributed by atoms with Gasteiger partial charge >= 0.3 is 26.2 Å². The van der Waals surface area contributed by atoms with Crippen molar-refractivity contribution in [3.05, 3.63) is 23.5 Å². The van der Waals surface area contributed by atoms with Gasteiger partial charge in [0.05, 0.1) is 0 Å². The van der Waals surface area contributed by atoms with E-state index in [9.17, 15) is 0 Å². The zero-order valence-electron chi connectivity index (χ0n) is 5.83. The SMILES string of the molecule is Cc1[c-]cc(C)[nH]1.[Cl-].[Cl-].[Zr+3]. The van der Waals surface area contributed by atoms with Gasteiger partial charge in [0.25, 0.3) is 0 Å². The number of H-pyrrole nitrogens is 1. The molecular weight excluding hydrogens is 248 g/mol. The predicted molar refractivity (Wildman–Crippen MR) is 29.1 cm³/mol. The molecule has 0 aromatic carbocycles. The van der Waals surface area contributed by atoms with Crippen LogP contribution in [0.4, 0.5) is 0 Å². The van der Waals surface area contributed by atoms with Crippen LogP contribution in [0.15, 0.2) is 6.07 Å². The van der Waals surface area contributed by atoms with E-state index in [1.807, 2.05) is 19.9 Å². The van der Waals surface area contributed by atoms with E-state index in [4.69, 9.17) is 0 Å². The first kappa shape index (κ1) is 17.0. The number of aryl methyl sites for hydroxylation is 2. The molecular formula is C6H8Cl2NZr. The van der Waals surface area contributed by atoms with Gasteiger partial charge in [-0.05, 0) is 6.92 Å². The smallest absolute Gasteiger partial charge is 1.00 e. The summed E-state index contributed by atoms with van der Waals surface area (Å²) in [7, 11) is 0. The van der Waals surface area contributed by atoms with Gasteiger partial charge < -0.3 is 29.8 Å². The molecule has 0 saturated heterocycles. The van der Waals surface area contributed by atoms with Crippen molar-refractivity contribution in [2.24, 2.45) is 0 Å². The summed E-state index contributed by atoms with van der Waals surface area (Å²) in [5.41, 5.74) is 2.29. The number of halogens is 2. The second-order valence-corrected chi connectivity index (χ2v) is 1.72. The number of hydrogen-bond donors (Lipinski definition) is 1. The quantitative estimate of drug-likeness (QED) is 0.450. The van der Waals surface area contributed by atoms with Gasteiger partial charge in [-0.3, -0.25) is 0 Å². The summed E-state index contributed by atoms with van der Waals surface area (Å²) >= 11 is 0. The van der Waals surface area contributed by atoms with E-state index in [-0.39, 0.29) is 51.0 Å². The fraction of sp³-hybridized carbons (Fsp3) is 0.333. The van der Waals surface area contributed by atoms with Gasteiger partial charge in [0, 0.05) is 0 Å². The zero-order valence-corrected chi connectivity index (χ0v) is 9.80. The van der Waals surface area contributed by atoms with E-state index in [1.165, 1.54) is 5.69 Å². The monoisotopic (exact) mass is 254 g/mol. The summed E-state index contributed by atoms with van der Waals surface area (Å²) < 4.78 is 0. The molecule has 4 heteroatoms. The fourth-order valence-electron chi connectivity index (χ4n) is 0.584. The molecule has 0 bridgehead atoms. The van der Waals surface area contributed by atoms with Crippen LogP contribution in [-0.4, -0.2) is 4.98 Å². The van der Waals surface area contributed by atoms with Crippen LogP contribution in [0.1, 0.15) is 11.4 Å². The second-order valence-electron chi connectivity index (χ2n) is 1.72. The minimum atomic E-state index is 0. The Morgan fingerprint density at radius 1 is 1.30 bits per heavy atom. The Balaban J connectivity index is -0.000000163. The largest absolute Gasteiger partial charge is 3.00 e. The fourth-order valence-corrected chi connectivity index (χ4v) is 0.584. The van der Waals surface area contributed by atoms with Gasteiger partial charge in [-0.2, -0.15) is 0 Å². The molecule has 1 aromatic rings. The number of aromatic nitrogens is 1. The first-order valence-electron chi connectivity index (χ1n) is 2.33. The van der Waals surface area contributed by atoms with E-state index < -0.39 is 0 Å². The molecule has 55 valence electrons. The number of aromatic amines is 1. The normalized spacial score (nSPS) is 6.60. The van der Waals surface area contributed by atoms with Crippen molar-refractivity contribution in [1.29, 1.82) is 0 Å². The van der Waals surface area contributed by atoms with Crippen LogP contribution in [0.2, 0.25) is 0 Å². The van der Waals surface area contributed by atoms with Gasteiger partial charge in [-0.1, -0.05) is 12.6 Å². The number of rotatable bonds is 0. The van der Waals surface area contributed by atoms with E-state index >= 15 is 0 Å². The minimum absolute atomic E-state index is 0. The Labute approximate surface area is 92.9 Å². The molecule has 0 atom stereocenters. The van der Waals surface area contributed by atoms with Crippen molar-refractivity contribution in [3.8, 4) is 0 Å². The van der Waals surface area contributed by atoms with E-state index in [2.05, 4.69) is 11.1 Å². The molecule has 0 aliphatic carbocycles. The van der Waals surface area contributed by atoms with Crippen LogP contribution in [0, 0.1) is 19.9 Å². The summed E-state index contributed by atoms with van der Waals surface area (Å²) in [6.45, 7) is 4.01. The van der Waals surface area contributed by atoms with Crippen LogP contribution >= 0.6 is 0 Å². The van der Waals surface area contributed by atoms with E-state index in [0.29, 0.717) is 0 Å². The molecule has 0 saturated carbocycles.